The Morgan fingerprint density at radius 3 is 2.76 bits per heavy atom. The summed E-state index contributed by atoms with van der Waals surface area (Å²) >= 11 is 0. The van der Waals surface area contributed by atoms with E-state index < -0.39 is 0 Å². The van der Waals surface area contributed by atoms with E-state index in [1.807, 2.05) is 0 Å². The van der Waals surface area contributed by atoms with Crippen LogP contribution in [-0.2, 0) is 4.74 Å². The van der Waals surface area contributed by atoms with Gasteiger partial charge in [0.1, 0.15) is 0 Å². The standard InChI is InChI=1S/C14H30N2O/c1-4-6-10-17-11-9-16-8-7-14(15-5-2)12-13(16)3/h13-15H,4-12H2,1-3H3. The molecular formula is C14H30N2O. The number of piperidine rings is 1. The summed E-state index contributed by atoms with van der Waals surface area (Å²) in [5, 5.41) is 3.56. The van der Waals surface area contributed by atoms with E-state index in [-0.39, 0.29) is 0 Å². The van der Waals surface area contributed by atoms with Gasteiger partial charge in [-0.1, -0.05) is 20.3 Å². The lowest BCUT2D eigenvalue weighted by atomic mass is 9.98. The average molecular weight is 242 g/mol. The summed E-state index contributed by atoms with van der Waals surface area (Å²) in [4.78, 5) is 2.57. The van der Waals surface area contributed by atoms with E-state index in [1.165, 1.54) is 32.2 Å². The number of hydrogen-bond donors (Lipinski definition) is 1. The fourth-order valence-electron chi connectivity index (χ4n) is 2.56. The number of unbranched alkanes of at least 4 members (excludes halogenated alkanes) is 1. The average Bonchev–Trinajstić information content (AvgIpc) is 2.32. The summed E-state index contributed by atoms with van der Waals surface area (Å²) in [5.74, 6) is 0. The van der Waals surface area contributed by atoms with E-state index in [9.17, 15) is 0 Å². The first-order chi connectivity index (χ1) is 8.27. The van der Waals surface area contributed by atoms with E-state index in [4.69, 9.17) is 4.74 Å². The van der Waals surface area contributed by atoms with Crippen molar-refractivity contribution in [2.24, 2.45) is 0 Å². The zero-order chi connectivity index (χ0) is 12.5. The molecule has 0 aliphatic carbocycles. The molecule has 1 N–H and O–H groups in total. The van der Waals surface area contributed by atoms with Crippen LogP contribution in [0.5, 0.6) is 0 Å². The molecule has 1 fully saturated rings. The fraction of sp³-hybridized carbons (Fsp3) is 1.00. The number of likely N-dealkylation sites (tertiary alicyclic amines) is 1. The predicted octanol–water partition coefficient (Wildman–Crippen LogP) is 2.27. The van der Waals surface area contributed by atoms with Crippen LogP contribution < -0.4 is 5.32 Å². The third kappa shape index (κ3) is 5.84. The zero-order valence-corrected chi connectivity index (χ0v) is 11.9. The van der Waals surface area contributed by atoms with Crippen molar-refractivity contribution in [3.8, 4) is 0 Å². The number of ether oxygens (including phenoxy) is 1. The van der Waals surface area contributed by atoms with E-state index in [1.54, 1.807) is 0 Å². The minimum absolute atomic E-state index is 0.697. The lowest BCUT2D eigenvalue weighted by Gasteiger charge is -2.37. The molecule has 2 unspecified atom stereocenters. The molecule has 0 saturated carbocycles. The molecule has 0 aromatic rings. The Morgan fingerprint density at radius 2 is 2.12 bits per heavy atom. The normalized spacial score (nSPS) is 26.3. The second-order valence-corrected chi connectivity index (χ2v) is 5.13. The number of nitrogens with zero attached hydrogens (tertiary/aromatic N) is 1. The Labute approximate surface area is 107 Å². The molecule has 3 nitrogen and oxygen atoms in total. The molecule has 2 atom stereocenters. The molecule has 1 heterocycles. The summed E-state index contributed by atoms with van der Waals surface area (Å²) in [6.07, 6.45) is 4.98. The molecule has 17 heavy (non-hydrogen) atoms. The maximum atomic E-state index is 5.64. The van der Waals surface area contributed by atoms with Crippen molar-refractivity contribution in [2.75, 3.05) is 32.8 Å². The number of nitrogens with one attached hydrogen (secondary N) is 1. The van der Waals surface area contributed by atoms with Crippen molar-refractivity contribution in [1.29, 1.82) is 0 Å². The molecule has 1 aliphatic rings. The van der Waals surface area contributed by atoms with Crippen molar-refractivity contribution >= 4 is 0 Å². The van der Waals surface area contributed by atoms with Gasteiger partial charge in [-0.15, -0.1) is 0 Å². The van der Waals surface area contributed by atoms with Crippen LogP contribution in [0.4, 0.5) is 0 Å². The SMILES string of the molecule is CCCCOCCN1CCC(NCC)CC1C. The van der Waals surface area contributed by atoms with Gasteiger partial charge in [-0.2, -0.15) is 0 Å². The molecule has 1 saturated heterocycles. The summed E-state index contributed by atoms with van der Waals surface area (Å²) < 4.78 is 5.64. The third-order valence-corrected chi connectivity index (χ3v) is 3.67. The molecule has 3 heteroatoms. The highest BCUT2D eigenvalue weighted by Gasteiger charge is 2.24. The molecule has 0 aromatic carbocycles. The van der Waals surface area contributed by atoms with Gasteiger partial charge in [0, 0.05) is 25.2 Å². The number of rotatable bonds is 8. The molecule has 0 amide bonds. The van der Waals surface area contributed by atoms with Crippen molar-refractivity contribution < 1.29 is 4.74 Å². The van der Waals surface area contributed by atoms with Crippen LogP contribution >= 0.6 is 0 Å². The first kappa shape index (κ1) is 14.9. The van der Waals surface area contributed by atoms with Crippen LogP contribution in [0.2, 0.25) is 0 Å². The van der Waals surface area contributed by atoms with Gasteiger partial charge in [0.2, 0.25) is 0 Å². The summed E-state index contributed by atoms with van der Waals surface area (Å²) in [6.45, 7) is 12.0. The first-order valence-corrected chi connectivity index (χ1v) is 7.33. The van der Waals surface area contributed by atoms with Crippen LogP contribution in [0.25, 0.3) is 0 Å². The van der Waals surface area contributed by atoms with Crippen LogP contribution in [0, 0.1) is 0 Å². The third-order valence-electron chi connectivity index (χ3n) is 3.67. The molecule has 0 aromatic heterocycles. The molecule has 1 rings (SSSR count). The molecule has 0 spiro atoms. The minimum Gasteiger partial charge on any atom is -0.380 e. The van der Waals surface area contributed by atoms with Crippen LogP contribution in [0.15, 0.2) is 0 Å². The topological polar surface area (TPSA) is 24.5 Å². The fourth-order valence-corrected chi connectivity index (χ4v) is 2.56. The summed E-state index contributed by atoms with van der Waals surface area (Å²) in [6, 6.07) is 1.43. The Kier molecular flexibility index (Phi) is 7.82. The maximum absolute atomic E-state index is 5.64. The van der Waals surface area contributed by atoms with Gasteiger partial charge in [-0.3, -0.25) is 4.90 Å². The second-order valence-electron chi connectivity index (χ2n) is 5.13. The smallest absolute Gasteiger partial charge is 0.0593 e. The Hall–Kier alpha value is -0.120. The largest absolute Gasteiger partial charge is 0.380 e. The van der Waals surface area contributed by atoms with Gasteiger partial charge in [-0.25, -0.2) is 0 Å². The van der Waals surface area contributed by atoms with Gasteiger partial charge < -0.3 is 10.1 Å². The van der Waals surface area contributed by atoms with Gasteiger partial charge in [0.15, 0.2) is 0 Å². The lowest BCUT2D eigenvalue weighted by molar-refractivity contribution is 0.0680. The Morgan fingerprint density at radius 1 is 1.29 bits per heavy atom. The maximum Gasteiger partial charge on any atom is 0.0593 e. The Balaban J connectivity index is 2.10. The highest BCUT2D eigenvalue weighted by atomic mass is 16.5. The lowest BCUT2D eigenvalue weighted by Crippen LogP contribution is -2.48. The molecule has 0 bridgehead atoms. The molecule has 1 aliphatic heterocycles. The summed E-state index contributed by atoms with van der Waals surface area (Å²) in [7, 11) is 0. The second kappa shape index (κ2) is 8.90. The van der Waals surface area contributed by atoms with Gasteiger partial charge in [-0.05, 0) is 39.3 Å². The van der Waals surface area contributed by atoms with E-state index >= 15 is 0 Å². The van der Waals surface area contributed by atoms with Crippen LogP contribution in [0.3, 0.4) is 0 Å². The van der Waals surface area contributed by atoms with Gasteiger partial charge in [0.05, 0.1) is 6.61 Å². The Bertz CT molecular complexity index is 187. The monoisotopic (exact) mass is 242 g/mol. The quantitative estimate of drug-likeness (QED) is 0.661. The first-order valence-electron chi connectivity index (χ1n) is 7.33. The summed E-state index contributed by atoms with van der Waals surface area (Å²) in [5.41, 5.74) is 0. The van der Waals surface area contributed by atoms with Crippen LogP contribution in [-0.4, -0.2) is 49.8 Å². The highest BCUT2D eigenvalue weighted by Crippen LogP contribution is 2.16. The molecule has 0 radical (unpaired) electrons. The minimum atomic E-state index is 0.697. The van der Waals surface area contributed by atoms with E-state index in [2.05, 4.69) is 31.0 Å². The zero-order valence-electron chi connectivity index (χ0n) is 11.9. The highest BCUT2D eigenvalue weighted by molar-refractivity contribution is 4.82. The van der Waals surface area contributed by atoms with E-state index in [0.717, 1.165) is 32.3 Å². The predicted molar refractivity (Wildman–Crippen MR) is 73.5 cm³/mol. The molecule has 102 valence electrons. The van der Waals surface area contributed by atoms with Crippen molar-refractivity contribution in [2.45, 2.75) is 58.5 Å². The van der Waals surface area contributed by atoms with Gasteiger partial charge in [0.25, 0.3) is 0 Å². The van der Waals surface area contributed by atoms with E-state index in [0.29, 0.717) is 6.04 Å². The molecular weight excluding hydrogens is 212 g/mol. The van der Waals surface area contributed by atoms with Gasteiger partial charge >= 0.3 is 0 Å². The van der Waals surface area contributed by atoms with Crippen molar-refractivity contribution in [3.05, 3.63) is 0 Å². The number of hydrogen-bond acceptors (Lipinski definition) is 3. The van der Waals surface area contributed by atoms with Crippen molar-refractivity contribution in [1.82, 2.24) is 10.2 Å². The van der Waals surface area contributed by atoms with Crippen LogP contribution in [0.1, 0.15) is 46.5 Å². The van der Waals surface area contributed by atoms with Crippen molar-refractivity contribution in [3.63, 3.8) is 0 Å².